The van der Waals surface area contributed by atoms with Crippen molar-refractivity contribution in [2.75, 3.05) is 11.4 Å². The summed E-state index contributed by atoms with van der Waals surface area (Å²) in [6.07, 6.45) is 8.91. The highest BCUT2D eigenvalue weighted by Crippen LogP contribution is 2.44. The number of para-hydroxylation sites is 2. The number of rotatable bonds is 6. The second-order valence-electron chi connectivity index (χ2n) is 6.96. The van der Waals surface area contributed by atoms with Crippen LogP contribution >= 0.6 is 31.9 Å². The minimum absolute atomic E-state index is 0.390. The van der Waals surface area contributed by atoms with Gasteiger partial charge >= 0.3 is 5.97 Å². The quantitative estimate of drug-likeness (QED) is 0.193. The average Bonchev–Trinajstić information content (AvgIpc) is 2.76. The van der Waals surface area contributed by atoms with Gasteiger partial charge in [-0.2, -0.15) is 0 Å². The summed E-state index contributed by atoms with van der Waals surface area (Å²) >= 11 is 6.92. The molecule has 152 valence electrons. The Labute approximate surface area is 192 Å². The van der Waals surface area contributed by atoms with Gasteiger partial charge in [0.25, 0.3) is 0 Å². The van der Waals surface area contributed by atoms with Gasteiger partial charge in [-0.15, -0.1) is 0 Å². The maximum absolute atomic E-state index is 13.4. The fraction of sp³-hybridized carbons (Fsp3) is 0.167. The van der Waals surface area contributed by atoms with Crippen LogP contribution in [-0.4, -0.2) is 18.8 Å². The van der Waals surface area contributed by atoms with E-state index in [1.807, 2.05) is 60.7 Å². The first-order chi connectivity index (χ1) is 14.6. The lowest BCUT2D eigenvalue weighted by molar-refractivity contribution is -0.128. The summed E-state index contributed by atoms with van der Waals surface area (Å²) in [4.78, 5) is 26.4. The number of nitrogens with zero attached hydrogens (tertiary/aromatic N) is 1. The summed E-state index contributed by atoms with van der Waals surface area (Å²) in [5.41, 5.74) is 4.30. The zero-order chi connectivity index (χ0) is 21.1. The molecule has 4 rings (SSSR count). The number of allylic oxidation sites excluding steroid dienone is 4. The average molecular weight is 529 g/mol. The van der Waals surface area contributed by atoms with Gasteiger partial charge in [-0.25, -0.2) is 4.79 Å². The van der Waals surface area contributed by atoms with Crippen molar-refractivity contribution in [2.24, 2.45) is 0 Å². The zero-order valence-corrected chi connectivity index (χ0v) is 19.3. The monoisotopic (exact) mass is 527 g/mol. The predicted molar refractivity (Wildman–Crippen MR) is 125 cm³/mol. The normalized spacial score (nSPS) is 14.7. The Morgan fingerprint density at radius 3 is 2.63 bits per heavy atom. The molecule has 4 nitrogen and oxygen atoms in total. The molecule has 0 radical (unpaired) electrons. The fourth-order valence-corrected chi connectivity index (χ4v) is 4.94. The standard InChI is InChI=1S/C24H19Br2NO3/c25-18-10-7-11-19(26)23(18)30-24(29)22-16-8-1-3-12-20(16)27(14-5-6-15-28)21-13-4-2-9-17(21)22/h1-4,7-8,10-13,15H,5-6,9,14H2. The second kappa shape index (κ2) is 9.14. The molecule has 30 heavy (non-hydrogen) atoms. The third-order valence-electron chi connectivity index (χ3n) is 5.10. The molecule has 0 amide bonds. The lowest BCUT2D eigenvalue weighted by atomic mass is 9.87. The van der Waals surface area contributed by atoms with E-state index in [-0.39, 0.29) is 0 Å². The van der Waals surface area contributed by atoms with Crippen molar-refractivity contribution in [1.29, 1.82) is 0 Å². The van der Waals surface area contributed by atoms with Crippen molar-refractivity contribution in [3.8, 4) is 5.75 Å². The molecule has 0 spiro atoms. The lowest BCUT2D eigenvalue weighted by Crippen LogP contribution is -2.32. The Kier molecular flexibility index (Phi) is 6.35. The number of esters is 1. The Balaban J connectivity index is 1.79. The van der Waals surface area contributed by atoms with Crippen LogP contribution in [0.3, 0.4) is 0 Å². The molecule has 0 bridgehead atoms. The van der Waals surface area contributed by atoms with Crippen molar-refractivity contribution < 1.29 is 14.3 Å². The van der Waals surface area contributed by atoms with Crippen LogP contribution < -0.4 is 9.64 Å². The highest BCUT2D eigenvalue weighted by molar-refractivity contribution is 9.11. The molecule has 0 atom stereocenters. The molecule has 1 aliphatic carbocycles. The Bertz CT molecular complexity index is 1080. The SMILES string of the molecule is O=CCCCN1C2=CC=CCC2=C(C(=O)Oc2c(Br)cccc2Br)c2ccccc21. The number of halogens is 2. The van der Waals surface area contributed by atoms with Crippen LogP contribution in [0.15, 0.2) is 80.9 Å². The second-order valence-corrected chi connectivity index (χ2v) is 8.66. The number of hydrogen-bond acceptors (Lipinski definition) is 4. The number of carbonyl (C=O) groups excluding carboxylic acids is 2. The van der Waals surface area contributed by atoms with Crippen molar-refractivity contribution in [2.45, 2.75) is 19.3 Å². The highest BCUT2D eigenvalue weighted by atomic mass is 79.9. The third kappa shape index (κ3) is 3.94. The topological polar surface area (TPSA) is 46.6 Å². The molecule has 6 heteroatoms. The van der Waals surface area contributed by atoms with Crippen molar-refractivity contribution >= 4 is 55.4 Å². The van der Waals surface area contributed by atoms with Crippen LogP contribution in [0.25, 0.3) is 5.57 Å². The summed E-state index contributed by atoms with van der Waals surface area (Å²) in [7, 11) is 0. The smallest absolute Gasteiger partial charge is 0.344 e. The van der Waals surface area contributed by atoms with Crippen LogP contribution in [0.2, 0.25) is 0 Å². The van der Waals surface area contributed by atoms with E-state index in [2.05, 4.69) is 36.8 Å². The van der Waals surface area contributed by atoms with Crippen LogP contribution in [0.4, 0.5) is 5.69 Å². The van der Waals surface area contributed by atoms with E-state index in [0.717, 1.165) is 35.2 Å². The number of ether oxygens (including phenoxy) is 1. The van der Waals surface area contributed by atoms with Gasteiger partial charge in [-0.1, -0.05) is 36.4 Å². The molecule has 2 aromatic carbocycles. The highest BCUT2D eigenvalue weighted by Gasteiger charge is 2.33. The molecule has 1 heterocycles. The first-order valence-corrected chi connectivity index (χ1v) is 11.3. The largest absolute Gasteiger partial charge is 0.420 e. The van der Waals surface area contributed by atoms with Gasteiger partial charge in [-0.3, -0.25) is 0 Å². The maximum atomic E-state index is 13.4. The molecule has 2 aliphatic rings. The summed E-state index contributed by atoms with van der Waals surface area (Å²) in [5.74, 6) is 0.0668. The number of benzene rings is 2. The Morgan fingerprint density at radius 2 is 1.87 bits per heavy atom. The van der Waals surface area contributed by atoms with Gasteiger partial charge in [0.05, 0.1) is 14.5 Å². The van der Waals surface area contributed by atoms with Gasteiger partial charge in [0.1, 0.15) is 6.29 Å². The molecule has 0 fully saturated rings. The van der Waals surface area contributed by atoms with E-state index in [0.29, 0.717) is 39.7 Å². The van der Waals surface area contributed by atoms with E-state index >= 15 is 0 Å². The third-order valence-corrected chi connectivity index (χ3v) is 6.35. The zero-order valence-electron chi connectivity index (χ0n) is 16.1. The van der Waals surface area contributed by atoms with E-state index in [9.17, 15) is 9.59 Å². The Morgan fingerprint density at radius 1 is 1.10 bits per heavy atom. The molecular weight excluding hydrogens is 510 g/mol. The molecule has 0 unspecified atom stereocenters. The summed E-state index contributed by atoms with van der Waals surface area (Å²) < 4.78 is 7.26. The molecule has 2 aromatic rings. The van der Waals surface area contributed by atoms with Crippen molar-refractivity contribution in [1.82, 2.24) is 0 Å². The van der Waals surface area contributed by atoms with Crippen LogP contribution in [0.5, 0.6) is 5.75 Å². The molecule has 0 aromatic heterocycles. The molecular formula is C24H19Br2NO3. The predicted octanol–water partition coefficient (Wildman–Crippen LogP) is 6.21. The summed E-state index contributed by atoms with van der Waals surface area (Å²) in [6, 6.07) is 13.4. The number of unbranched alkanes of at least 4 members (excludes halogenated alkanes) is 1. The summed E-state index contributed by atoms with van der Waals surface area (Å²) in [6.45, 7) is 0.705. The van der Waals surface area contributed by atoms with Gasteiger partial charge in [0, 0.05) is 29.9 Å². The van der Waals surface area contributed by atoms with Gasteiger partial charge in [0.2, 0.25) is 0 Å². The first kappa shape index (κ1) is 20.8. The van der Waals surface area contributed by atoms with Gasteiger partial charge < -0.3 is 14.4 Å². The number of anilines is 1. The minimum Gasteiger partial charge on any atom is -0.420 e. The number of fused-ring (bicyclic) bond motifs is 2. The molecule has 1 aliphatic heterocycles. The Hall–Kier alpha value is -2.44. The van der Waals surface area contributed by atoms with Crippen LogP contribution in [0.1, 0.15) is 24.8 Å². The molecule has 0 saturated carbocycles. The van der Waals surface area contributed by atoms with E-state index in [1.54, 1.807) is 0 Å². The first-order valence-electron chi connectivity index (χ1n) is 9.69. The minimum atomic E-state index is -0.390. The van der Waals surface area contributed by atoms with Gasteiger partial charge in [0.15, 0.2) is 5.75 Å². The molecule has 0 saturated heterocycles. The summed E-state index contributed by atoms with van der Waals surface area (Å²) in [5, 5.41) is 0. The van der Waals surface area contributed by atoms with Crippen LogP contribution in [-0.2, 0) is 9.59 Å². The fourth-order valence-electron chi connectivity index (χ4n) is 3.78. The number of hydrogen-bond donors (Lipinski definition) is 0. The van der Waals surface area contributed by atoms with E-state index in [4.69, 9.17) is 4.74 Å². The van der Waals surface area contributed by atoms with E-state index in [1.165, 1.54) is 0 Å². The van der Waals surface area contributed by atoms with Crippen molar-refractivity contribution in [3.05, 3.63) is 86.5 Å². The molecule has 0 N–H and O–H groups in total. The van der Waals surface area contributed by atoms with E-state index < -0.39 is 5.97 Å². The van der Waals surface area contributed by atoms with Gasteiger partial charge in [-0.05, 0) is 74.5 Å². The lowest BCUT2D eigenvalue weighted by Gasteiger charge is -2.37. The number of carbonyl (C=O) groups is 2. The maximum Gasteiger partial charge on any atom is 0.344 e. The number of aldehydes is 1. The van der Waals surface area contributed by atoms with Crippen LogP contribution in [0, 0.1) is 0 Å². The van der Waals surface area contributed by atoms with Crippen molar-refractivity contribution in [3.63, 3.8) is 0 Å².